The van der Waals surface area contributed by atoms with E-state index in [1.54, 1.807) is 18.4 Å². The van der Waals surface area contributed by atoms with Crippen LogP contribution in [0.3, 0.4) is 0 Å². The normalized spacial score (nSPS) is 28.5. The lowest BCUT2D eigenvalue weighted by atomic mass is 9.88. The second-order valence-corrected chi connectivity index (χ2v) is 8.00. The molecule has 1 atom stereocenters. The summed E-state index contributed by atoms with van der Waals surface area (Å²) in [6.07, 6.45) is 6.54. The molecule has 0 radical (unpaired) electrons. The zero-order valence-electron chi connectivity index (χ0n) is 12.1. The van der Waals surface area contributed by atoms with E-state index in [1.807, 2.05) is 0 Å². The third-order valence-corrected chi connectivity index (χ3v) is 6.40. The molecule has 0 saturated carbocycles. The first-order valence-corrected chi connectivity index (χ1v) is 8.83. The minimum Gasteiger partial charge on any atom is -0.317 e. The molecule has 0 aromatic heterocycles. The molecule has 2 fully saturated rings. The number of hydrogen-bond donors (Lipinski definition) is 1. The van der Waals surface area contributed by atoms with E-state index in [0.29, 0.717) is 12.5 Å². The largest absolute Gasteiger partial charge is 0.317 e. The van der Waals surface area contributed by atoms with Crippen LogP contribution in [0, 0.1) is 5.92 Å². The molecule has 2 aliphatic rings. The van der Waals surface area contributed by atoms with Crippen molar-refractivity contribution < 1.29 is 8.42 Å². The fraction of sp³-hybridized carbons (Fsp3) is 1.00. The van der Waals surface area contributed by atoms with E-state index in [2.05, 4.69) is 5.32 Å². The lowest BCUT2D eigenvalue weighted by Gasteiger charge is -2.38. The van der Waals surface area contributed by atoms with E-state index < -0.39 is 10.2 Å². The van der Waals surface area contributed by atoms with Gasteiger partial charge in [-0.25, -0.2) is 0 Å². The van der Waals surface area contributed by atoms with Crippen molar-refractivity contribution >= 4 is 10.2 Å². The molecule has 0 bridgehead atoms. The fourth-order valence-corrected chi connectivity index (χ4v) is 4.70. The van der Waals surface area contributed by atoms with Crippen molar-refractivity contribution in [2.45, 2.75) is 44.6 Å². The highest BCUT2D eigenvalue weighted by molar-refractivity contribution is 7.86. The maximum absolute atomic E-state index is 12.5. The Morgan fingerprint density at radius 1 is 1.05 bits per heavy atom. The Morgan fingerprint density at radius 2 is 1.74 bits per heavy atom. The third-order valence-electron chi connectivity index (χ3n) is 4.43. The summed E-state index contributed by atoms with van der Waals surface area (Å²) in [5.41, 5.74) is 0. The summed E-state index contributed by atoms with van der Waals surface area (Å²) < 4.78 is 28.2. The number of rotatable bonds is 3. The van der Waals surface area contributed by atoms with Gasteiger partial charge in [0.1, 0.15) is 0 Å². The van der Waals surface area contributed by atoms with Crippen molar-refractivity contribution in [1.29, 1.82) is 0 Å². The van der Waals surface area contributed by atoms with Gasteiger partial charge in [-0.2, -0.15) is 17.0 Å². The molecule has 2 rings (SSSR count). The second kappa shape index (κ2) is 6.52. The first-order valence-electron chi connectivity index (χ1n) is 7.43. The number of nitrogens with one attached hydrogen (secondary N) is 1. The van der Waals surface area contributed by atoms with Crippen LogP contribution in [-0.4, -0.2) is 56.8 Å². The van der Waals surface area contributed by atoms with Gasteiger partial charge in [-0.05, 0) is 44.7 Å². The van der Waals surface area contributed by atoms with Crippen LogP contribution in [-0.2, 0) is 10.2 Å². The monoisotopic (exact) mass is 289 g/mol. The smallest absolute Gasteiger partial charge is 0.281 e. The topological polar surface area (TPSA) is 52.7 Å². The molecule has 1 N–H and O–H groups in total. The summed E-state index contributed by atoms with van der Waals surface area (Å²) in [7, 11) is 0.00167. The molecule has 112 valence electrons. The lowest BCUT2D eigenvalue weighted by molar-refractivity contribution is 0.191. The van der Waals surface area contributed by atoms with Gasteiger partial charge in [-0.3, -0.25) is 0 Å². The third kappa shape index (κ3) is 3.48. The van der Waals surface area contributed by atoms with E-state index in [0.717, 1.165) is 51.6 Å². The first-order chi connectivity index (χ1) is 9.03. The van der Waals surface area contributed by atoms with Crippen molar-refractivity contribution in [3.8, 4) is 0 Å². The molecule has 0 aliphatic carbocycles. The van der Waals surface area contributed by atoms with Crippen LogP contribution in [0.4, 0.5) is 0 Å². The van der Waals surface area contributed by atoms with E-state index in [-0.39, 0.29) is 6.04 Å². The predicted octanol–water partition coefficient (Wildman–Crippen LogP) is 1.04. The van der Waals surface area contributed by atoms with Crippen LogP contribution < -0.4 is 5.32 Å². The average molecular weight is 289 g/mol. The Morgan fingerprint density at radius 3 is 2.37 bits per heavy atom. The summed E-state index contributed by atoms with van der Waals surface area (Å²) in [6, 6.07) is 0.206. The van der Waals surface area contributed by atoms with Gasteiger partial charge >= 0.3 is 0 Å². The molecule has 6 heteroatoms. The quantitative estimate of drug-likeness (QED) is 0.844. The zero-order valence-corrected chi connectivity index (χ0v) is 13.0. The van der Waals surface area contributed by atoms with Crippen molar-refractivity contribution in [2.24, 2.45) is 5.92 Å². The van der Waals surface area contributed by atoms with Crippen LogP contribution in [0.2, 0.25) is 0 Å². The molecule has 0 spiro atoms. The highest BCUT2D eigenvalue weighted by Gasteiger charge is 2.37. The minimum atomic E-state index is -3.28. The van der Waals surface area contributed by atoms with Crippen molar-refractivity contribution in [1.82, 2.24) is 13.9 Å². The van der Waals surface area contributed by atoms with Gasteiger partial charge in [0.15, 0.2) is 0 Å². The SMILES string of the molecule is CN(C)S(=O)(=O)N1CCCCCC1C1CCNCC1. The van der Waals surface area contributed by atoms with Gasteiger partial charge < -0.3 is 5.32 Å². The fourth-order valence-electron chi connectivity index (χ4n) is 3.30. The van der Waals surface area contributed by atoms with Gasteiger partial charge in [-0.1, -0.05) is 12.8 Å². The zero-order chi connectivity index (χ0) is 13.9. The summed E-state index contributed by atoms with van der Waals surface area (Å²) in [4.78, 5) is 0. The number of hydrogen-bond acceptors (Lipinski definition) is 3. The molecule has 2 aliphatic heterocycles. The minimum absolute atomic E-state index is 0.206. The second-order valence-electron chi connectivity index (χ2n) is 5.90. The highest BCUT2D eigenvalue weighted by Crippen LogP contribution is 2.30. The Bertz CT molecular complexity index is 377. The molecular formula is C13H27N3O2S. The van der Waals surface area contributed by atoms with Gasteiger partial charge in [-0.15, -0.1) is 0 Å². The van der Waals surface area contributed by atoms with E-state index in [9.17, 15) is 8.42 Å². The molecule has 0 amide bonds. The average Bonchev–Trinajstić information content (AvgIpc) is 2.65. The van der Waals surface area contributed by atoms with E-state index in [4.69, 9.17) is 0 Å². The Labute approximate surface area is 117 Å². The van der Waals surface area contributed by atoms with Crippen LogP contribution in [0.5, 0.6) is 0 Å². The maximum Gasteiger partial charge on any atom is 0.281 e. The number of piperidine rings is 1. The molecule has 0 aromatic rings. The van der Waals surface area contributed by atoms with Crippen LogP contribution >= 0.6 is 0 Å². The molecule has 0 aromatic carbocycles. The van der Waals surface area contributed by atoms with Crippen LogP contribution in [0.15, 0.2) is 0 Å². The summed E-state index contributed by atoms with van der Waals surface area (Å²) in [5, 5.41) is 3.37. The standard InChI is InChI=1S/C13H27N3O2S/c1-15(2)19(17,18)16-11-5-3-4-6-13(16)12-7-9-14-10-8-12/h12-14H,3-11H2,1-2H3. The molecule has 1 unspecified atom stereocenters. The summed E-state index contributed by atoms with van der Waals surface area (Å²) in [6.45, 7) is 2.74. The van der Waals surface area contributed by atoms with Crippen molar-refractivity contribution in [2.75, 3.05) is 33.7 Å². The molecule has 2 saturated heterocycles. The van der Waals surface area contributed by atoms with Gasteiger partial charge in [0, 0.05) is 26.7 Å². The Balaban J connectivity index is 2.19. The number of nitrogens with zero attached hydrogens (tertiary/aromatic N) is 2. The highest BCUT2D eigenvalue weighted by atomic mass is 32.2. The molecule has 19 heavy (non-hydrogen) atoms. The van der Waals surface area contributed by atoms with Crippen LogP contribution in [0.25, 0.3) is 0 Å². The Hall–Kier alpha value is -0.170. The van der Waals surface area contributed by atoms with Gasteiger partial charge in [0.05, 0.1) is 0 Å². The van der Waals surface area contributed by atoms with E-state index >= 15 is 0 Å². The van der Waals surface area contributed by atoms with E-state index in [1.165, 1.54) is 4.31 Å². The summed E-state index contributed by atoms with van der Waals surface area (Å²) >= 11 is 0. The predicted molar refractivity (Wildman–Crippen MR) is 77.2 cm³/mol. The van der Waals surface area contributed by atoms with Crippen molar-refractivity contribution in [3.63, 3.8) is 0 Å². The van der Waals surface area contributed by atoms with Crippen molar-refractivity contribution in [3.05, 3.63) is 0 Å². The first kappa shape index (κ1) is 15.2. The van der Waals surface area contributed by atoms with Gasteiger partial charge in [0.25, 0.3) is 10.2 Å². The maximum atomic E-state index is 12.5. The lowest BCUT2D eigenvalue weighted by Crippen LogP contribution is -2.50. The Kier molecular flexibility index (Phi) is 5.22. The van der Waals surface area contributed by atoms with Gasteiger partial charge in [0.2, 0.25) is 0 Å². The summed E-state index contributed by atoms with van der Waals surface area (Å²) in [5.74, 6) is 0.522. The molecule has 2 heterocycles. The molecule has 5 nitrogen and oxygen atoms in total. The van der Waals surface area contributed by atoms with Crippen LogP contribution in [0.1, 0.15) is 38.5 Å². The molecular weight excluding hydrogens is 262 g/mol.